The first-order chi connectivity index (χ1) is 15.8. The molecular formula is C23H23Cl3N4O2S. The number of nitrogens with zero attached hydrogens (tertiary/aromatic N) is 2. The fourth-order valence-electron chi connectivity index (χ4n) is 3.41. The number of carbonyl (C=O) groups excluding carboxylic acids is 2. The number of piperazine rings is 1. The van der Waals surface area contributed by atoms with Crippen LogP contribution in [0, 0.1) is 0 Å². The number of hydrogen-bond acceptors (Lipinski definition) is 4. The van der Waals surface area contributed by atoms with Gasteiger partial charge in [0.25, 0.3) is 0 Å². The van der Waals surface area contributed by atoms with Crippen LogP contribution >= 0.6 is 47.0 Å². The van der Waals surface area contributed by atoms with E-state index in [1.54, 1.807) is 36.4 Å². The molecule has 10 heteroatoms. The van der Waals surface area contributed by atoms with Crippen LogP contribution in [0.5, 0.6) is 0 Å². The molecule has 2 aromatic carbocycles. The second-order valence-electron chi connectivity index (χ2n) is 7.33. The van der Waals surface area contributed by atoms with Gasteiger partial charge in [0.05, 0.1) is 11.4 Å². The summed E-state index contributed by atoms with van der Waals surface area (Å²) in [6, 6.07) is 10.5. The maximum atomic E-state index is 12.3. The number of halogens is 3. The van der Waals surface area contributed by atoms with Crippen LogP contribution in [0.25, 0.3) is 6.08 Å². The summed E-state index contributed by atoms with van der Waals surface area (Å²) >= 11 is 23.5. The monoisotopic (exact) mass is 524 g/mol. The Morgan fingerprint density at radius 2 is 1.70 bits per heavy atom. The minimum Gasteiger partial charge on any atom is -0.366 e. The summed E-state index contributed by atoms with van der Waals surface area (Å²) in [4.78, 5) is 28.3. The van der Waals surface area contributed by atoms with Crippen molar-refractivity contribution in [3.05, 3.63) is 63.1 Å². The van der Waals surface area contributed by atoms with Gasteiger partial charge in [0, 0.05) is 53.7 Å². The molecule has 3 rings (SSSR count). The van der Waals surface area contributed by atoms with Gasteiger partial charge in [-0.2, -0.15) is 0 Å². The first-order valence-corrected chi connectivity index (χ1v) is 11.9. The molecule has 0 spiro atoms. The molecule has 0 radical (unpaired) electrons. The van der Waals surface area contributed by atoms with Crippen LogP contribution < -0.4 is 15.5 Å². The van der Waals surface area contributed by atoms with Crippen molar-refractivity contribution in [1.82, 2.24) is 10.2 Å². The molecule has 2 amide bonds. The number of amides is 2. The summed E-state index contributed by atoms with van der Waals surface area (Å²) < 4.78 is 0. The fourth-order valence-corrected chi connectivity index (χ4v) is 4.27. The van der Waals surface area contributed by atoms with Crippen LogP contribution in [0.3, 0.4) is 0 Å². The van der Waals surface area contributed by atoms with Gasteiger partial charge in [-0.25, -0.2) is 0 Å². The van der Waals surface area contributed by atoms with E-state index in [1.165, 1.54) is 6.08 Å². The second kappa shape index (κ2) is 11.7. The van der Waals surface area contributed by atoms with E-state index in [9.17, 15) is 9.59 Å². The van der Waals surface area contributed by atoms with Crippen LogP contribution in [-0.4, -0.2) is 48.0 Å². The van der Waals surface area contributed by atoms with Crippen molar-refractivity contribution in [2.24, 2.45) is 0 Å². The lowest BCUT2D eigenvalue weighted by atomic mass is 10.2. The normalized spacial score (nSPS) is 13.8. The van der Waals surface area contributed by atoms with Gasteiger partial charge in [-0.05, 0) is 54.2 Å². The van der Waals surface area contributed by atoms with Crippen LogP contribution in [0.1, 0.15) is 18.9 Å². The lowest BCUT2D eigenvalue weighted by Crippen LogP contribution is -2.48. The largest absolute Gasteiger partial charge is 0.366 e. The molecule has 1 fully saturated rings. The van der Waals surface area contributed by atoms with E-state index in [2.05, 4.69) is 15.5 Å². The fraction of sp³-hybridized carbons (Fsp3) is 0.261. The van der Waals surface area contributed by atoms with Crippen molar-refractivity contribution in [2.75, 3.05) is 36.4 Å². The third kappa shape index (κ3) is 7.08. The Bertz CT molecular complexity index is 1090. The zero-order valence-corrected chi connectivity index (χ0v) is 21.0. The number of carbonyl (C=O) groups is 2. The first-order valence-electron chi connectivity index (χ1n) is 10.3. The summed E-state index contributed by atoms with van der Waals surface area (Å²) in [6.07, 6.45) is 3.42. The Morgan fingerprint density at radius 3 is 2.36 bits per heavy atom. The molecular weight excluding hydrogens is 503 g/mol. The Balaban J connectivity index is 1.63. The van der Waals surface area contributed by atoms with E-state index in [0.717, 1.165) is 5.69 Å². The Labute approximate surface area is 213 Å². The molecule has 1 aliphatic heterocycles. The second-order valence-corrected chi connectivity index (χ2v) is 9.01. The van der Waals surface area contributed by atoms with E-state index < -0.39 is 5.91 Å². The van der Waals surface area contributed by atoms with Crippen LogP contribution in [0.2, 0.25) is 15.1 Å². The van der Waals surface area contributed by atoms with Gasteiger partial charge in [-0.1, -0.05) is 47.8 Å². The minimum atomic E-state index is -0.409. The average Bonchev–Trinajstić information content (AvgIpc) is 2.78. The molecule has 0 atom stereocenters. The molecule has 0 bridgehead atoms. The van der Waals surface area contributed by atoms with Gasteiger partial charge in [-0.3, -0.25) is 14.9 Å². The third-order valence-corrected chi connectivity index (χ3v) is 6.10. The molecule has 0 saturated carbocycles. The number of rotatable bonds is 5. The van der Waals surface area contributed by atoms with E-state index in [0.29, 0.717) is 58.9 Å². The quantitative estimate of drug-likeness (QED) is 0.413. The van der Waals surface area contributed by atoms with Gasteiger partial charge in [0.15, 0.2) is 5.11 Å². The highest BCUT2D eigenvalue weighted by Crippen LogP contribution is 2.30. The number of anilines is 2. The van der Waals surface area contributed by atoms with Crippen LogP contribution in [0.4, 0.5) is 11.4 Å². The van der Waals surface area contributed by atoms with Gasteiger partial charge < -0.3 is 15.1 Å². The SMILES string of the molecule is CCC(=O)N1CCN(c2ccc(Cl)cc2NC(=S)NC(=O)C=Cc2ccc(Cl)cc2Cl)CC1. The van der Waals surface area contributed by atoms with E-state index in [4.69, 9.17) is 47.0 Å². The maximum Gasteiger partial charge on any atom is 0.250 e. The summed E-state index contributed by atoms with van der Waals surface area (Å²) in [5.41, 5.74) is 2.23. The molecule has 174 valence electrons. The summed E-state index contributed by atoms with van der Waals surface area (Å²) in [6.45, 7) is 4.53. The lowest BCUT2D eigenvalue weighted by molar-refractivity contribution is -0.131. The Morgan fingerprint density at radius 1 is 1.03 bits per heavy atom. The lowest BCUT2D eigenvalue weighted by Gasteiger charge is -2.37. The van der Waals surface area contributed by atoms with Crippen molar-refractivity contribution in [3.63, 3.8) is 0 Å². The van der Waals surface area contributed by atoms with Gasteiger partial charge >= 0.3 is 0 Å². The molecule has 2 aromatic rings. The highest BCUT2D eigenvalue weighted by Gasteiger charge is 2.22. The number of thiocarbonyl (C=S) groups is 1. The minimum absolute atomic E-state index is 0.134. The maximum absolute atomic E-state index is 12.3. The molecule has 0 aliphatic carbocycles. The van der Waals surface area contributed by atoms with E-state index in [-0.39, 0.29) is 11.0 Å². The van der Waals surface area contributed by atoms with Gasteiger partial charge in [0.1, 0.15) is 0 Å². The number of benzene rings is 2. The molecule has 0 aromatic heterocycles. The Kier molecular flexibility index (Phi) is 8.97. The van der Waals surface area contributed by atoms with Crippen molar-refractivity contribution in [3.8, 4) is 0 Å². The molecule has 33 heavy (non-hydrogen) atoms. The smallest absolute Gasteiger partial charge is 0.250 e. The average molecular weight is 526 g/mol. The predicted molar refractivity (Wildman–Crippen MR) is 140 cm³/mol. The highest BCUT2D eigenvalue weighted by molar-refractivity contribution is 7.80. The predicted octanol–water partition coefficient (Wildman–Crippen LogP) is 5.23. The van der Waals surface area contributed by atoms with Crippen molar-refractivity contribution < 1.29 is 9.59 Å². The molecule has 6 nitrogen and oxygen atoms in total. The van der Waals surface area contributed by atoms with Crippen molar-refractivity contribution in [2.45, 2.75) is 13.3 Å². The zero-order valence-electron chi connectivity index (χ0n) is 17.9. The van der Waals surface area contributed by atoms with E-state index in [1.807, 2.05) is 17.9 Å². The topological polar surface area (TPSA) is 64.7 Å². The summed E-state index contributed by atoms with van der Waals surface area (Å²) in [5.74, 6) is -0.255. The van der Waals surface area contributed by atoms with Crippen LogP contribution in [-0.2, 0) is 9.59 Å². The standard InChI is InChI=1S/C23H23Cl3N4O2S/c1-2-22(32)30-11-9-29(10-12-30)20-7-6-17(25)14-19(20)27-23(33)28-21(31)8-4-15-3-5-16(24)13-18(15)26/h3-8,13-14H,2,9-12H2,1H3,(H2,27,28,31,33). The Hall–Kier alpha value is -2.32. The molecule has 0 unspecified atom stereocenters. The number of nitrogens with one attached hydrogen (secondary N) is 2. The molecule has 1 heterocycles. The summed E-state index contributed by atoms with van der Waals surface area (Å²) in [7, 11) is 0. The summed E-state index contributed by atoms with van der Waals surface area (Å²) in [5, 5.41) is 7.30. The highest BCUT2D eigenvalue weighted by atomic mass is 35.5. The molecule has 1 aliphatic rings. The first kappa shape index (κ1) is 25.3. The molecule has 2 N–H and O–H groups in total. The third-order valence-electron chi connectivity index (χ3n) is 5.10. The van der Waals surface area contributed by atoms with Gasteiger partial charge in [0.2, 0.25) is 11.8 Å². The van der Waals surface area contributed by atoms with Crippen LogP contribution in [0.15, 0.2) is 42.5 Å². The molecule has 1 saturated heterocycles. The number of hydrogen-bond donors (Lipinski definition) is 2. The van der Waals surface area contributed by atoms with E-state index >= 15 is 0 Å². The zero-order chi connectivity index (χ0) is 24.0. The van der Waals surface area contributed by atoms with Crippen molar-refractivity contribution >= 4 is 81.4 Å². The van der Waals surface area contributed by atoms with Crippen molar-refractivity contribution in [1.29, 1.82) is 0 Å². The van der Waals surface area contributed by atoms with Gasteiger partial charge in [-0.15, -0.1) is 0 Å².